The number of anilines is 1. The number of hydrogen-bond acceptors (Lipinski definition) is 5. The summed E-state index contributed by atoms with van der Waals surface area (Å²) in [5.74, 6) is 0.624. The van der Waals surface area contributed by atoms with E-state index in [1.54, 1.807) is 11.7 Å². The van der Waals surface area contributed by atoms with Gasteiger partial charge in [0.2, 0.25) is 5.82 Å². The van der Waals surface area contributed by atoms with Crippen molar-refractivity contribution in [1.82, 2.24) is 15.1 Å². The van der Waals surface area contributed by atoms with Gasteiger partial charge in [0.15, 0.2) is 0 Å². The molecule has 112 valence electrons. The molecule has 2 heterocycles. The largest absolute Gasteiger partial charge is 0.351 e. The summed E-state index contributed by atoms with van der Waals surface area (Å²) >= 11 is 0. The second-order valence-corrected chi connectivity index (χ2v) is 5.30. The van der Waals surface area contributed by atoms with Crippen molar-refractivity contribution in [2.45, 2.75) is 38.6 Å². The highest BCUT2D eigenvalue weighted by Gasteiger charge is 2.31. The standard InChI is InChI=1S/C13H23N5O2/c1-4-11-12(18(19)20)13(17(3)15-11)16(2)10-6-5-8-14-9-7-10/h10,14H,4-9H2,1-3H3. The molecule has 7 heteroatoms. The molecule has 0 radical (unpaired) electrons. The number of nitrogens with one attached hydrogen (secondary N) is 1. The molecule has 1 aliphatic rings. The third-order valence-electron chi connectivity index (χ3n) is 4.01. The molecule has 2 rings (SSSR count). The quantitative estimate of drug-likeness (QED) is 0.668. The summed E-state index contributed by atoms with van der Waals surface area (Å²) < 4.78 is 1.65. The Hall–Kier alpha value is -1.63. The van der Waals surface area contributed by atoms with Crippen LogP contribution < -0.4 is 10.2 Å². The number of nitro groups is 1. The molecule has 0 bridgehead atoms. The minimum Gasteiger partial charge on any atom is -0.351 e. The summed E-state index contributed by atoms with van der Waals surface area (Å²) in [6.45, 7) is 3.88. The van der Waals surface area contributed by atoms with Crippen molar-refractivity contribution in [3.8, 4) is 0 Å². The maximum atomic E-state index is 11.4. The molecule has 1 aromatic rings. The minimum atomic E-state index is -0.299. The summed E-state index contributed by atoms with van der Waals surface area (Å²) in [6, 6.07) is 0.323. The lowest BCUT2D eigenvalue weighted by Crippen LogP contribution is -2.34. The van der Waals surface area contributed by atoms with E-state index in [1.807, 2.05) is 18.9 Å². The zero-order chi connectivity index (χ0) is 14.7. The molecule has 1 aliphatic heterocycles. The molecule has 20 heavy (non-hydrogen) atoms. The van der Waals surface area contributed by atoms with Crippen LogP contribution in [0.4, 0.5) is 11.5 Å². The van der Waals surface area contributed by atoms with E-state index in [0.29, 0.717) is 24.0 Å². The van der Waals surface area contributed by atoms with E-state index < -0.39 is 0 Å². The van der Waals surface area contributed by atoms with Gasteiger partial charge >= 0.3 is 5.69 Å². The van der Waals surface area contributed by atoms with E-state index in [2.05, 4.69) is 10.4 Å². The molecule has 0 aliphatic carbocycles. The molecule has 0 amide bonds. The Morgan fingerprint density at radius 2 is 2.25 bits per heavy atom. The molecule has 1 saturated heterocycles. The van der Waals surface area contributed by atoms with Crippen LogP contribution in [-0.2, 0) is 13.5 Å². The predicted octanol–water partition coefficient (Wildman–Crippen LogP) is 1.47. The molecule has 1 aromatic heterocycles. The van der Waals surface area contributed by atoms with Gasteiger partial charge in [-0.15, -0.1) is 0 Å². The maximum Gasteiger partial charge on any atom is 0.334 e. The lowest BCUT2D eigenvalue weighted by molar-refractivity contribution is -0.384. The van der Waals surface area contributed by atoms with Crippen molar-refractivity contribution >= 4 is 11.5 Å². The fourth-order valence-corrected chi connectivity index (χ4v) is 2.94. The van der Waals surface area contributed by atoms with E-state index in [0.717, 1.165) is 32.4 Å². The third kappa shape index (κ3) is 2.77. The SMILES string of the molecule is CCc1nn(C)c(N(C)C2CCCNCC2)c1[N+](=O)[O-]. The maximum absolute atomic E-state index is 11.4. The Balaban J connectivity index is 2.35. The van der Waals surface area contributed by atoms with Crippen LogP contribution in [0.5, 0.6) is 0 Å². The molecular formula is C13H23N5O2. The van der Waals surface area contributed by atoms with E-state index >= 15 is 0 Å². The van der Waals surface area contributed by atoms with Gasteiger partial charge < -0.3 is 10.2 Å². The van der Waals surface area contributed by atoms with E-state index in [-0.39, 0.29) is 10.6 Å². The van der Waals surface area contributed by atoms with Crippen LogP contribution in [0.25, 0.3) is 0 Å². The van der Waals surface area contributed by atoms with Gasteiger partial charge in [0.1, 0.15) is 5.69 Å². The summed E-state index contributed by atoms with van der Waals surface area (Å²) in [7, 11) is 3.73. The van der Waals surface area contributed by atoms with Gasteiger partial charge in [-0.3, -0.25) is 10.1 Å². The minimum absolute atomic E-state index is 0.162. The molecule has 0 spiro atoms. The summed E-state index contributed by atoms with van der Waals surface area (Å²) in [4.78, 5) is 13.1. The summed E-state index contributed by atoms with van der Waals surface area (Å²) in [6.07, 6.45) is 3.72. The topological polar surface area (TPSA) is 76.2 Å². The molecule has 1 fully saturated rings. The number of nitrogens with zero attached hydrogens (tertiary/aromatic N) is 4. The molecule has 1 N–H and O–H groups in total. The van der Waals surface area contributed by atoms with Crippen molar-refractivity contribution < 1.29 is 4.92 Å². The number of rotatable bonds is 4. The Kier molecular flexibility index (Phi) is 4.59. The van der Waals surface area contributed by atoms with Gasteiger partial charge in [-0.1, -0.05) is 6.92 Å². The molecule has 7 nitrogen and oxygen atoms in total. The predicted molar refractivity (Wildman–Crippen MR) is 78.2 cm³/mol. The molecule has 1 atom stereocenters. The third-order valence-corrected chi connectivity index (χ3v) is 4.01. The summed E-state index contributed by atoms with van der Waals surface area (Å²) in [5.41, 5.74) is 0.723. The van der Waals surface area contributed by atoms with Crippen molar-refractivity contribution in [2.24, 2.45) is 7.05 Å². The molecule has 0 saturated carbocycles. The van der Waals surface area contributed by atoms with Crippen LogP contribution in [0.2, 0.25) is 0 Å². The monoisotopic (exact) mass is 281 g/mol. The first-order valence-corrected chi connectivity index (χ1v) is 7.20. The van der Waals surface area contributed by atoms with Crippen LogP contribution >= 0.6 is 0 Å². The van der Waals surface area contributed by atoms with E-state index in [4.69, 9.17) is 0 Å². The Morgan fingerprint density at radius 3 is 2.90 bits per heavy atom. The number of aryl methyl sites for hydroxylation is 2. The van der Waals surface area contributed by atoms with Gasteiger partial charge in [-0.2, -0.15) is 5.10 Å². The van der Waals surface area contributed by atoms with Crippen LogP contribution in [0.3, 0.4) is 0 Å². The zero-order valence-electron chi connectivity index (χ0n) is 12.4. The number of aromatic nitrogens is 2. The van der Waals surface area contributed by atoms with Crippen molar-refractivity contribution in [3.05, 3.63) is 15.8 Å². The molecule has 1 unspecified atom stereocenters. The van der Waals surface area contributed by atoms with E-state index in [9.17, 15) is 10.1 Å². The highest BCUT2D eigenvalue weighted by molar-refractivity contribution is 5.61. The second kappa shape index (κ2) is 6.21. The van der Waals surface area contributed by atoms with Crippen molar-refractivity contribution in [3.63, 3.8) is 0 Å². The lowest BCUT2D eigenvalue weighted by atomic mass is 10.1. The van der Waals surface area contributed by atoms with Crippen LogP contribution in [0.15, 0.2) is 0 Å². The van der Waals surface area contributed by atoms with Crippen molar-refractivity contribution in [1.29, 1.82) is 0 Å². The van der Waals surface area contributed by atoms with Gasteiger partial charge in [-0.05, 0) is 38.8 Å². The van der Waals surface area contributed by atoms with Gasteiger partial charge in [-0.25, -0.2) is 4.68 Å². The average Bonchev–Trinajstić information content (AvgIpc) is 2.61. The molecule has 0 aromatic carbocycles. The first kappa shape index (κ1) is 14.8. The van der Waals surface area contributed by atoms with Crippen LogP contribution in [0, 0.1) is 10.1 Å². The number of hydrogen-bond donors (Lipinski definition) is 1. The molecular weight excluding hydrogens is 258 g/mol. The Morgan fingerprint density at radius 1 is 1.50 bits per heavy atom. The highest BCUT2D eigenvalue weighted by atomic mass is 16.6. The first-order valence-electron chi connectivity index (χ1n) is 7.20. The van der Waals surface area contributed by atoms with Crippen LogP contribution in [-0.4, -0.2) is 40.9 Å². The summed E-state index contributed by atoms with van der Waals surface area (Å²) in [5, 5.41) is 19.1. The lowest BCUT2D eigenvalue weighted by Gasteiger charge is -2.28. The fraction of sp³-hybridized carbons (Fsp3) is 0.769. The van der Waals surface area contributed by atoms with Crippen LogP contribution in [0.1, 0.15) is 31.9 Å². The first-order chi connectivity index (χ1) is 9.56. The smallest absolute Gasteiger partial charge is 0.334 e. The van der Waals surface area contributed by atoms with E-state index in [1.165, 1.54) is 0 Å². The second-order valence-electron chi connectivity index (χ2n) is 5.30. The zero-order valence-corrected chi connectivity index (χ0v) is 12.4. The Labute approximate surface area is 119 Å². The van der Waals surface area contributed by atoms with Gasteiger partial charge in [0.05, 0.1) is 4.92 Å². The highest BCUT2D eigenvalue weighted by Crippen LogP contribution is 2.33. The van der Waals surface area contributed by atoms with Crippen molar-refractivity contribution in [2.75, 3.05) is 25.0 Å². The van der Waals surface area contributed by atoms with Gasteiger partial charge in [0, 0.05) is 20.1 Å². The normalized spacial score (nSPS) is 19.6. The fourth-order valence-electron chi connectivity index (χ4n) is 2.94. The van der Waals surface area contributed by atoms with Gasteiger partial charge in [0.25, 0.3) is 0 Å². The average molecular weight is 281 g/mol. The Bertz CT molecular complexity index is 477.